The van der Waals surface area contributed by atoms with E-state index in [0.29, 0.717) is 35.3 Å². The van der Waals surface area contributed by atoms with Crippen molar-refractivity contribution in [3.8, 4) is 103 Å². The van der Waals surface area contributed by atoms with E-state index in [-0.39, 0.29) is 0 Å². The summed E-state index contributed by atoms with van der Waals surface area (Å²) < 4.78 is 34.2. The van der Waals surface area contributed by atoms with Gasteiger partial charge in [0.25, 0.3) is 0 Å². The second kappa shape index (κ2) is 30.7. The molecule has 0 aliphatic carbocycles. The van der Waals surface area contributed by atoms with Gasteiger partial charge in [0.1, 0.15) is 17.1 Å². The third-order valence-electron chi connectivity index (χ3n) is 25.1. The fourth-order valence-corrected chi connectivity index (χ4v) is 19.5. The maximum Gasteiger partial charge on any atom is 0.233 e. The third kappa shape index (κ3) is 12.2. The Bertz CT molecular complexity index is 8950. The van der Waals surface area contributed by atoms with E-state index < -0.39 is 0 Å². The lowest BCUT2D eigenvalue weighted by Crippen LogP contribution is -1.99. The predicted octanol–water partition coefficient (Wildman–Crippen LogP) is 30.6. The first-order chi connectivity index (χ1) is 64.1. The summed E-state index contributed by atoms with van der Waals surface area (Å²) in [5.41, 5.74) is 25.1. The molecule has 606 valence electrons. The van der Waals surface area contributed by atoms with Gasteiger partial charge in [0.2, 0.25) is 35.3 Å². The van der Waals surface area contributed by atoms with Crippen molar-refractivity contribution in [2.24, 2.45) is 0 Å². The molecule has 129 heavy (non-hydrogen) atoms. The highest BCUT2D eigenvalue weighted by atomic mass is 16.4. The number of fused-ring (bicyclic) bond motifs is 20. The number of rotatable bonds is 12. The smallest absolute Gasteiger partial charge is 0.233 e. The molecule has 12 nitrogen and oxygen atoms in total. The quantitative estimate of drug-likeness (QED) is 0.121. The van der Waals surface area contributed by atoms with Crippen molar-refractivity contribution in [1.82, 2.24) is 42.4 Å². The molecule has 18 aromatic carbocycles. The van der Waals surface area contributed by atoms with Crippen LogP contribution in [0.2, 0.25) is 0 Å². The molecule has 0 saturated heterocycles. The first kappa shape index (κ1) is 74.1. The van der Waals surface area contributed by atoms with Gasteiger partial charge in [0.05, 0.1) is 66.2 Å². The van der Waals surface area contributed by atoms with Crippen LogP contribution >= 0.6 is 0 Å². The summed E-state index contributed by atoms with van der Waals surface area (Å²) in [6.07, 6.45) is 0. The predicted molar refractivity (Wildman–Crippen MR) is 528 cm³/mol. The maximum absolute atomic E-state index is 6.83. The van der Waals surface area contributed by atoms with Crippen LogP contribution in [0.25, 0.3) is 234 Å². The lowest BCUT2D eigenvalue weighted by atomic mass is 10.1. The van der Waals surface area contributed by atoms with Crippen molar-refractivity contribution < 1.29 is 13.3 Å². The highest BCUT2D eigenvalue weighted by Crippen LogP contribution is 2.49. The van der Waals surface area contributed by atoms with E-state index >= 15 is 0 Å². The molecule has 0 bridgehead atoms. The number of aromatic nitrogens is 9. The Balaban J connectivity index is 0.000000105. The summed E-state index contributed by atoms with van der Waals surface area (Å²) in [4.78, 5) is 15.3. The van der Waals surface area contributed by atoms with Crippen LogP contribution in [0.15, 0.2) is 468 Å². The molecule has 0 amide bonds. The van der Waals surface area contributed by atoms with Gasteiger partial charge in [-0.25, -0.2) is 15.0 Å². The number of hydrogen-bond donors (Lipinski definition) is 0. The van der Waals surface area contributed by atoms with Crippen LogP contribution in [0.5, 0.6) is 0 Å². The number of nitrogens with zero attached hydrogens (tertiary/aromatic N) is 9. The third-order valence-corrected chi connectivity index (χ3v) is 25.1. The Kier molecular flexibility index (Phi) is 17.6. The molecule has 0 fully saturated rings. The van der Waals surface area contributed by atoms with Gasteiger partial charge in [-0.2, -0.15) is 0 Å². The standard InChI is InChI=1S/3C39H25N3O/c1-4-14-26(15-5-1)37-39(43-38(40-37)27-16-6-2-7-17-27)42-34-23-13-11-21-30(34)32-24-31-29-20-10-12-22-33(29)41(35(31)25-36(32)42)28-18-8-3-9-19-28;1-4-14-26(15-5-1)35-39(43-38(40-35)27-16-6-2-7-17-27)42-34-23-13-11-21-30(34)32-25-24-31-29-20-10-12-22-33(29)41(36(31)37(32)42)28-18-8-3-9-19-28;1-4-14-26(15-5-1)37-39(43-38(40-37)27-16-6-2-7-17-27)42-32-23-13-11-21-30(32)36-34(42)25-24-33-35(36)29-20-10-12-22-31(29)41(33)28-18-8-3-9-19-28/h3*1-25H. The van der Waals surface area contributed by atoms with Crippen LogP contribution in [-0.4, -0.2) is 42.4 Å². The van der Waals surface area contributed by atoms with Gasteiger partial charge in [-0.15, -0.1) is 0 Å². The molecule has 0 saturated carbocycles. The topological polar surface area (TPSA) is 108 Å². The summed E-state index contributed by atoms with van der Waals surface area (Å²) in [6, 6.07) is 159. The van der Waals surface area contributed by atoms with Crippen LogP contribution in [0.1, 0.15) is 0 Å². The zero-order valence-corrected chi connectivity index (χ0v) is 69.6. The zero-order valence-electron chi connectivity index (χ0n) is 69.6. The van der Waals surface area contributed by atoms with Crippen LogP contribution in [0.4, 0.5) is 0 Å². The van der Waals surface area contributed by atoms with E-state index in [0.717, 1.165) is 112 Å². The minimum absolute atomic E-state index is 0.594. The Morgan fingerprint density at radius 2 is 0.395 bits per heavy atom. The maximum atomic E-state index is 6.83. The van der Waals surface area contributed by atoms with Gasteiger partial charge < -0.3 is 27.0 Å². The molecular weight excluding hydrogens is 1580 g/mol. The van der Waals surface area contributed by atoms with Crippen molar-refractivity contribution in [1.29, 1.82) is 0 Å². The summed E-state index contributed by atoms with van der Waals surface area (Å²) in [5.74, 6) is 3.91. The average Bonchev–Trinajstić information content (AvgIpc) is 1.53. The van der Waals surface area contributed by atoms with Gasteiger partial charge in [-0.1, -0.05) is 322 Å². The molecule has 27 aromatic rings. The van der Waals surface area contributed by atoms with Crippen LogP contribution in [0.3, 0.4) is 0 Å². The minimum atomic E-state index is 0.594. The second-order valence-corrected chi connectivity index (χ2v) is 32.4. The Labute approximate surface area is 739 Å². The lowest BCUT2D eigenvalue weighted by molar-refractivity contribution is 0.554. The highest BCUT2D eigenvalue weighted by Gasteiger charge is 2.31. The Morgan fingerprint density at radius 3 is 0.775 bits per heavy atom. The van der Waals surface area contributed by atoms with Crippen molar-refractivity contribution in [2.75, 3.05) is 0 Å². The molecule has 0 radical (unpaired) electrons. The van der Waals surface area contributed by atoms with E-state index in [1.165, 1.54) is 86.7 Å². The fraction of sp³-hybridized carbons (Fsp3) is 0. The molecule has 9 aromatic heterocycles. The number of para-hydroxylation sites is 9. The van der Waals surface area contributed by atoms with Crippen LogP contribution in [-0.2, 0) is 0 Å². The monoisotopic (exact) mass is 1650 g/mol. The van der Waals surface area contributed by atoms with Gasteiger partial charge in [-0.3, -0.25) is 13.7 Å². The lowest BCUT2D eigenvalue weighted by Gasteiger charge is -2.11. The van der Waals surface area contributed by atoms with E-state index in [4.69, 9.17) is 28.2 Å². The normalized spacial score (nSPS) is 11.7. The average molecular weight is 1650 g/mol. The van der Waals surface area contributed by atoms with Crippen LogP contribution in [0, 0.1) is 0 Å². The van der Waals surface area contributed by atoms with Crippen molar-refractivity contribution in [3.05, 3.63) is 455 Å². The minimum Gasteiger partial charge on any atom is -0.419 e. The molecule has 0 unspecified atom stereocenters. The summed E-state index contributed by atoms with van der Waals surface area (Å²) in [5, 5.41) is 14.4. The molecule has 9 heterocycles. The zero-order chi connectivity index (χ0) is 85.0. The van der Waals surface area contributed by atoms with E-state index in [1.54, 1.807) is 0 Å². The van der Waals surface area contributed by atoms with Gasteiger partial charge in [0, 0.05) is 115 Å². The van der Waals surface area contributed by atoms with Gasteiger partial charge in [0.15, 0.2) is 0 Å². The largest absolute Gasteiger partial charge is 0.419 e. The summed E-state index contributed by atoms with van der Waals surface area (Å²) in [7, 11) is 0. The Hall–Kier alpha value is -17.6. The first-order valence-corrected chi connectivity index (χ1v) is 43.5. The molecule has 0 atom stereocenters. The van der Waals surface area contributed by atoms with E-state index in [2.05, 4.69) is 337 Å². The number of benzene rings is 18. The molecular formula is C117H75N9O3. The van der Waals surface area contributed by atoms with Crippen molar-refractivity contribution >= 4 is 131 Å². The SMILES string of the molecule is c1ccc(-c2nc(-c3ccccc3)c(-n3c4ccccc4c4c5c6ccccc6n(-c6ccccc6)c5ccc43)o2)cc1.c1ccc(-c2nc(-c3ccccc3)c(-n3c4ccccc4c4cc5c6ccccc6n(-c6ccccc6)c5cc43)o2)cc1.c1ccc(-c2nc(-c3ccccc3)c(-n3c4ccccc4c4ccc5c6ccccc6n(-c6ccccc6)c5c43)o2)cc1. The van der Waals surface area contributed by atoms with Crippen molar-refractivity contribution in [3.63, 3.8) is 0 Å². The highest BCUT2D eigenvalue weighted by molar-refractivity contribution is 6.30. The molecule has 12 heteroatoms. The van der Waals surface area contributed by atoms with Crippen LogP contribution < -0.4 is 0 Å². The second-order valence-electron chi connectivity index (χ2n) is 32.4. The van der Waals surface area contributed by atoms with Crippen molar-refractivity contribution in [2.45, 2.75) is 0 Å². The summed E-state index contributed by atoms with van der Waals surface area (Å²) >= 11 is 0. The molecule has 0 spiro atoms. The number of hydrogen-bond acceptors (Lipinski definition) is 6. The molecule has 27 rings (SSSR count). The summed E-state index contributed by atoms with van der Waals surface area (Å²) in [6.45, 7) is 0. The van der Waals surface area contributed by atoms with Gasteiger partial charge >= 0.3 is 0 Å². The molecule has 0 N–H and O–H groups in total. The van der Waals surface area contributed by atoms with E-state index in [9.17, 15) is 0 Å². The molecule has 0 aliphatic heterocycles. The Morgan fingerprint density at radius 1 is 0.155 bits per heavy atom. The molecule has 0 aliphatic rings. The van der Waals surface area contributed by atoms with E-state index in [1.807, 2.05) is 146 Å². The fourth-order valence-electron chi connectivity index (χ4n) is 19.5. The van der Waals surface area contributed by atoms with Gasteiger partial charge in [-0.05, 0) is 133 Å². The first-order valence-electron chi connectivity index (χ1n) is 43.5. The number of oxazole rings is 3.